The van der Waals surface area contributed by atoms with E-state index in [1.54, 1.807) is 0 Å². The van der Waals surface area contributed by atoms with E-state index in [1.807, 2.05) is 31.4 Å². The van der Waals surface area contributed by atoms with Gasteiger partial charge in [-0.2, -0.15) is 0 Å². The molecule has 0 unspecified atom stereocenters. The van der Waals surface area contributed by atoms with Crippen LogP contribution in [0.15, 0.2) is 73.1 Å². The van der Waals surface area contributed by atoms with Crippen molar-refractivity contribution in [2.24, 2.45) is 0 Å². The molecule has 0 atom stereocenters. The fourth-order valence-electron chi connectivity index (χ4n) is 3.37. The third kappa shape index (κ3) is 2.85. The molecule has 2 aliphatic rings. The standard InChI is InChI=1S/C21H22N4/c1-3-19(25-13-5-4-7-16(25)2)18-11-10-17-8-6-9-20(21(17)23-18)24-14-12-22-15-24/h3-11,13,22H,2,12,14-15H2,1H3/b19-3-. The number of para-hydroxylation sites is 1. The molecule has 0 aliphatic carbocycles. The summed E-state index contributed by atoms with van der Waals surface area (Å²) in [6.45, 7) is 9.07. The highest BCUT2D eigenvalue weighted by molar-refractivity contribution is 5.92. The van der Waals surface area contributed by atoms with E-state index in [0.29, 0.717) is 0 Å². The lowest BCUT2D eigenvalue weighted by Crippen LogP contribution is -2.21. The zero-order valence-corrected chi connectivity index (χ0v) is 14.4. The van der Waals surface area contributed by atoms with Crippen molar-refractivity contribution in [1.29, 1.82) is 0 Å². The lowest BCUT2D eigenvalue weighted by molar-refractivity contribution is 0.673. The van der Waals surface area contributed by atoms with Crippen LogP contribution in [0.3, 0.4) is 0 Å². The highest BCUT2D eigenvalue weighted by atomic mass is 15.3. The van der Waals surface area contributed by atoms with Gasteiger partial charge in [-0.25, -0.2) is 4.98 Å². The molecular weight excluding hydrogens is 308 g/mol. The fourth-order valence-corrected chi connectivity index (χ4v) is 3.37. The molecule has 1 N–H and O–H groups in total. The Kier molecular flexibility index (Phi) is 4.12. The summed E-state index contributed by atoms with van der Waals surface area (Å²) < 4.78 is 0. The van der Waals surface area contributed by atoms with Gasteiger partial charge in [0, 0.05) is 30.4 Å². The number of benzene rings is 1. The molecule has 4 heteroatoms. The molecule has 1 aromatic heterocycles. The normalized spacial score (nSPS) is 17.8. The molecule has 1 saturated heterocycles. The van der Waals surface area contributed by atoms with Gasteiger partial charge < -0.3 is 9.80 Å². The van der Waals surface area contributed by atoms with Crippen molar-refractivity contribution in [1.82, 2.24) is 15.2 Å². The Labute approximate surface area is 148 Å². The molecule has 0 spiro atoms. The lowest BCUT2D eigenvalue weighted by atomic mass is 10.1. The summed E-state index contributed by atoms with van der Waals surface area (Å²) >= 11 is 0. The summed E-state index contributed by atoms with van der Waals surface area (Å²) in [7, 11) is 0. The molecule has 1 fully saturated rings. The highest BCUT2D eigenvalue weighted by Gasteiger charge is 2.17. The number of aromatic nitrogens is 1. The van der Waals surface area contributed by atoms with Crippen LogP contribution in [0.1, 0.15) is 12.6 Å². The van der Waals surface area contributed by atoms with E-state index in [2.05, 4.69) is 58.1 Å². The first kappa shape index (κ1) is 15.7. The molecule has 25 heavy (non-hydrogen) atoms. The summed E-state index contributed by atoms with van der Waals surface area (Å²) in [5, 5.41) is 4.56. The minimum atomic E-state index is 0.873. The van der Waals surface area contributed by atoms with Gasteiger partial charge in [0.05, 0.1) is 29.3 Å². The van der Waals surface area contributed by atoms with Crippen molar-refractivity contribution in [3.05, 3.63) is 78.8 Å². The number of rotatable bonds is 3. The van der Waals surface area contributed by atoms with Gasteiger partial charge in [0.25, 0.3) is 0 Å². The van der Waals surface area contributed by atoms with Crippen LogP contribution < -0.4 is 10.2 Å². The molecular formula is C21H22N4. The Bertz CT molecular complexity index is 901. The molecule has 0 bridgehead atoms. The minimum absolute atomic E-state index is 0.873. The van der Waals surface area contributed by atoms with Gasteiger partial charge in [-0.3, -0.25) is 5.32 Å². The summed E-state index contributed by atoms with van der Waals surface area (Å²) in [5.74, 6) is 0. The predicted molar refractivity (Wildman–Crippen MR) is 105 cm³/mol. The van der Waals surface area contributed by atoms with E-state index in [-0.39, 0.29) is 0 Å². The maximum atomic E-state index is 5.02. The molecule has 126 valence electrons. The van der Waals surface area contributed by atoms with E-state index in [4.69, 9.17) is 4.98 Å². The van der Waals surface area contributed by atoms with Crippen molar-refractivity contribution < 1.29 is 0 Å². The smallest absolute Gasteiger partial charge is 0.0943 e. The van der Waals surface area contributed by atoms with Crippen LogP contribution in [0.25, 0.3) is 16.6 Å². The van der Waals surface area contributed by atoms with Crippen LogP contribution >= 0.6 is 0 Å². The largest absolute Gasteiger partial charge is 0.356 e. The first-order valence-electron chi connectivity index (χ1n) is 8.63. The van der Waals surface area contributed by atoms with E-state index in [1.165, 1.54) is 5.69 Å². The maximum Gasteiger partial charge on any atom is 0.0943 e. The highest BCUT2D eigenvalue weighted by Crippen LogP contribution is 2.30. The molecule has 0 radical (unpaired) electrons. The predicted octanol–water partition coefficient (Wildman–Crippen LogP) is 3.86. The average molecular weight is 330 g/mol. The minimum Gasteiger partial charge on any atom is -0.356 e. The third-order valence-electron chi connectivity index (χ3n) is 4.64. The topological polar surface area (TPSA) is 31.4 Å². The first-order valence-corrected chi connectivity index (χ1v) is 8.63. The molecule has 2 aliphatic heterocycles. The zero-order chi connectivity index (χ0) is 17.2. The summed E-state index contributed by atoms with van der Waals surface area (Å²) in [6.07, 6.45) is 10.1. The van der Waals surface area contributed by atoms with Crippen LogP contribution in [-0.2, 0) is 0 Å². The zero-order valence-electron chi connectivity index (χ0n) is 14.4. The monoisotopic (exact) mass is 330 g/mol. The molecule has 0 amide bonds. The second-order valence-corrected chi connectivity index (χ2v) is 6.20. The van der Waals surface area contributed by atoms with Gasteiger partial charge in [-0.15, -0.1) is 0 Å². The van der Waals surface area contributed by atoms with Crippen LogP contribution in [0.5, 0.6) is 0 Å². The quantitative estimate of drug-likeness (QED) is 0.926. The first-order chi connectivity index (χ1) is 12.3. The van der Waals surface area contributed by atoms with E-state index in [9.17, 15) is 0 Å². The second kappa shape index (κ2) is 6.57. The van der Waals surface area contributed by atoms with Gasteiger partial charge in [0.1, 0.15) is 0 Å². The Hall–Kier alpha value is -2.85. The average Bonchev–Trinajstić information content (AvgIpc) is 3.18. The van der Waals surface area contributed by atoms with Crippen molar-refractivity contribution in [3.63, 3.8) is 0 Å². The molecule has 0 saturated carbocycles. The SMILES string of the molecule is C=C1C=CC=CN1/C(=C\C)c1ccc2cccc(N3CCNC3)c2n1. The number of fused-ring (bicyclic) bond motifs is 1. The van der Waals surface area contributed by atoms with E-state index >= 15 is 0 Å². The summed E-state index contributed by atoms with van der Waals surface area (Å²) in [5.41, 5.74) is 5.17. The maximum absolute atomic E-state index is 5.02. The number of pyridine rings is 1. The van der Waals surface area contributed by atoms with E-state index < -0.39 is 0 Å². The number of anilines is 1. The summed E-state index contributed by atoms with van der Waals surface area (Å²) in [4.78, 5) is 9.44. The molecule has 4 nitrogen and oxygen atoms in total. The fraction of sp³-hybridized carbons (Fsp3) is 0.190. The van der Waals surface area contributed by atoms with Gasteiger partial charge >= 0.3 is 0 Å². The second-order valence-electron chi connectivity index (χ2n) is 6.20. The number of allylic oxidation sites excluding steroid dienone is 4. The summed E-state index contributed by atoms with van der Waals surface area (Å²) in [6, 6.07) is 10.6. The van der Waals surface area contributed by atoms with Crippen LogP contribution in [-0.4, -0.2) is 29.6 Å². The molecule has 1 aromatic carbocycles. The molecule has 2 aromatic rings. The third-order valence-corrected chi connectivity index (χ3v) is 4.64. The number of hydrogen-bond donors (Lipinski definition) is 1. The Balaban J connectivity index is 1.80. The van der Waals surface area contributed by atoms with Crippen molar-refractivity contribution in [3.8, 4) is 0 Å². The van der Waals surface area contributed by atoms with Gasteiger partial charge in [-0.05, 0) is 31.2 Å². The van der Waals surface area contributed by atoms with E-state index in [0.717, 1.165) is 47.7 Å². The lowest BCUT2D eigenvalue weighted by Gasteiger charge is -2.26. The Morgan fingerprint density at radius 2 is 2.16 bits per heavy atom. The van der Waals surface area contributed by atoms with Crippen LogP contribution in [0.2, 0.25) is 0 Å². The van der Waals surface area contributed by atoms with Crippen molar-refractivity contribution in [2.75, 3.05) is 24.7 Å². The van der Waals surface area contributed by atoms with Gasteiger partial charge in [0.15, 0.2) is 0 Å². The van der Waals surface area contributed by atoms with Gasteiger partial charge in [0.2, 0.25) is 0 Å². The van der Waals surface area contributed by atoms with Crippen LogP contribution in [0.4, 0.5) is 5.69 Å². The van der Waals surface area contributed by atoms with Crippen molar-refractivity contribution >= 4 is 22.3 Å². The molecule has 3 heterocycles. The Morgan fingerprint density at radius 1 is 1.24 bits per heavy atom. The van der Waals surface area contributed by atoms with Gasteiger partial charge in [-0.1, -0.05) is 36.9 Å². The Morgan fingerprint density at radius 3 is 2.92 bits per heavy atom. The van der Waals surface area contributed by atoms with Crippen molar-refractivity contribution in [2.45, 2.75) is 6.92 Å². The molecule has 4 rings (SSSR count). The number of hydrogen-bond acceptors (Lipinski definition) is 4. The number of nitrogens with zero attached hydrogens (tertiary/aromatic N) is 3. The number of nitrogens with one attached hydrogen (secondary N) is 1. The van der Waals surface area contributed by atoms with Crippen LogP contribution in [0, 0.1) is 0 Å².